The van der Waals surface area contributed by atoms with Crippen molar-refractivity contribution in [2.45, 2.75) is 45.2 Å². The highest BCUT2D eigenvalue weighted by molar-refractivity contribution is 5.07. The number of piperidine rings is 1. The van der Waals surface area contributed by atoms with Crippen molar-refractivity contribution >= 4 is 0 Å². The summed E-state index contributed by atoms with van der Waals surface area (Å²) in [6.45, 7) is 20.2. The van der Waals surface area contributed by atoms with Gasteiger partial charge >= 0.3 is 0 Å². The van der Waals surface area contributed by atoms with Crippen molar-refractivity contribution in [1.82, 2.24) is 20.0 Å². The van der Waals surface area contributed by atoms with Crippen LogP contribution >= 0.6 is 0 Å². The Morgan fingerprint density at radius 1 is 1.17 bits per heavy atom. The van der Waals surface area contributed by atoms with Crippen molar-refractivity contribution in [3.05, 3.63) is 25.3 Å². The first-order chi connectivity index (χ1) is 11.1. The number of nitrogens with zero attached hydrogens (tertiary/aromatic N) is 3. The maximum absolute atomic E-state index is 4.12. The second-order valence-electron chi connectivity index (χ2n) is 6.58. The van der Waals surface area contributed by atoms with Crippen LogP contribution in [0.4, 0.5) is 0 Å². The third kappa shape index (κ3) is 6.38. The van der Waals surface area contributed by atoms with E-state index in [2.05, 4.69) is 60.1 Å². The SMILES string of the molecule is C=CCC(C=C)(NCN1CCCCC1)[N+](C)CCN(CC)CC. The number of hydrogen-bond acceptors (Lipinski definition) is 4. The molecule has 1 radical (unpaired) electrons. The lowest BCUT2D eigenvalue weighted by Crippen LogP contribution is -2.62. The number of rotatable bonds is 12. The van der Waals surface area contributed by atoms with Crippen LogP contribution in [-0.2, 0) is 0 Å². The van der Waals surface area contributed by atoms with E-state index in [0.29, 0.717) is 0 Å². The molecule has 1 heterocycles. The van der Waals surface area contributed by atoms with Crippen LogP contribution in [-0.4, -0.2) is 68.4 Å². The van der Waals surface area contributed by atoms with Gasteiger partial charge in [0.15, 0.2) is 0 Å². The molecule has 0 saturated carbocycles. The van der Waals surface area contributed by atoms with Crippen molar-refractivity contribution in [1.29, 1.82) is 0 Å². The number of likely N-dealkylation sites (N-methyl/N-ethyl adjacent to an activating group) is 2. The lowest BCUT2D eigenvalue weighted by molar-refractivity contribution is 0.140. The van der Waals surface area contributed by atoms with Gasteiger partial charge in [-0.15, -0.1) is 11.5 Å². The molecule has 1 rings (SSSR count). The summed E-state index contributed by atoms with van der Waals surface area (Å²) in [7, 11) is 2.19. The van der Waals surface area contributed by atoms with E-state index in [9.17, 15) is 0 Å². The van der Waals surface area contributed by atoms with Gasteiger partial charge in [-0.1, -0.05) is 32.9 Å². The Balaban J connectivity index is 2.62. The minimum absolute atomic E-state index is 0.202. The molecule has 23 heavy (non-hydrogen) atoms. The van der Waals surface area contributed by atoms with Gasteiger partial charge in [-0.3, -0.25) is 9.80 Å². The summed E-state index contributed by atoms with van der Waals surface area (Å²) in [5.41, 5.74) is -0.202. The maximum atomic E-state index is 4.12. The summed E-state index contributed by atoms with van der Waals surface area (Å²) in [5, 5.41) is 3.76. The molecule has 0 aromatic heterocycles. The fraction of sp³-hybridized carbons (Fsp3) is 0.789. The van der Waals surface area contributed by atoms with Crippen LogP contribution in [0.1, 0.15) is 39.5 Å². The van der Waals surface area contributed by atoms with Crippen LogP contribution in [0, 0.1) is 0 Å². The minimum atomic E-state index is -0.202. The molecule has 4 nitrogen and oxygen atoms in total. The summed E-state index contributed by atoms with van der Waals surface area (Å²) in [6.07, 6.45) is 8.95. The van der Waals surface area contributed by atoms with Gasteiger partial charge in [-0.25, -0.2) is 5.32 Å². The van der Waals surface area contributed by atoms with Crippen LogP contribution in [0.3, 0.4) is 0 Å². The van der Waals surface area contributed by atoms with Crippen molar-refractivity contribution in [2.24, 2.45) is 0 Å². The van der Waals surface area contributed by atoms with Gasteiger partial charge in [-0.2, -0.15) is 0 Å². The highest BCUT2D eigenvalue weighted by Crippen LogP contribution is 2.16. The Kier molecular flexibility index (Phi) is 9.72. The molecule has 1 N–H and O–H groups in total. The molecular weight excluding hydrogens is 284 g/mol. The normalized spacial score (nSPS) is 19.0. The standard InChI is InChI=1S/C19H38N4/c1-6-13-19(7-2,20-18-23-14-11-10-12-15-23)21(5)16-17-22(8-3)9-4/h6-7,20H,1-2,8-18H2,3-5H3/q+1. The Morgan fingerprint density at radius 3 is 2.35 bits per heavy atom. The molecule has 1 atom stereocenters. The summed E-state index contributed by atoms with van der Waals surface area (Å²) >= 11 is 0. The molecule has 4 heteroatoms. The number of nitrogens with one attached hydrogen (secondary N) is 1. The van der Waals surface area contributed by atoms with Crippen LogP contribution in [0.25, 0.3) is 0 Å². The Hall–Kier alpha value is -0.680. The molecule has 1 fully saturated rings. The van der Waals surface area contributed by atoms with Crippen molar-refractivity contribution < 1.29 is 0 Å². The second kappa shape index (κ2) is 11.0. The fourth-order valence-corrected chi connectivity index (χ4v) is 3.29. The molecular formula is C19H38N4+. The predicted molar refractivity (Wildman–Crippen MR) is 102 cm³/mol. The average Bonchev–Trinajstić information content (AvgIpc) is 2.60. The molecule has 0 amide bonds. The Bertz CT molecular complexity index is 334. The first-order valence-electron chi connectivity index (χ1n) is 9.27. The van der Waals surface area contributed by atoms with E-state index in [4.69, 9.17) is 0 Å². The zero-order chi connectivity index (χ0) is 17.1. The first-order valence-corrected chi connectivity index (χ1v) is 9.27. The van der Waals surface area contributed by atoms with E-state index in [1.165, 1.54) is 32.4 Å². The largest absolute Gasteiger partial charge is 0.298 e. The Labute approximate surface area is 144 Å². The summed E-state index contributed by atoms with van der Waals surface area (Å²) in [5.74, 6) is 0. The van der Waals surface area contributed by atoms with Crippen molar-refractivity contribution in [3.8, 4) is 0 Å². The van der Waals surface area contributed by atoms with Gasteiger partial charge in [0.1, 0.15) is 13.6 Å². The molecule has 0 aromatic carbocycles. The van der Waals surface area contributed by atoms with Crippen LogP contribution in [0.15, 0.2) is 25.3 Å². The topological polar surface area (TPSA) is 24.4 Å². The van der Waals surface area contributed by atoms with E-state index in [0.717, 1.165) is 39.3 Å². The molecule has 0 spiro atoms. The number of hydrogen-bond donors (Lipinski definition) is 1. The summed E-state index contributed by atoms with van der Waals surface area (Å²) in [6, 6.07) is 0. The van der Waals surface area contributed by atoms with E-state index < -0.39 is 0 Å². The molecule has 0 aliphatic carbocycles. The van der Waals surface area contributed by atoms with Crippen LogP contribution in [0.5, 0.6) is 0 Å². The quantitative estimate of drug-likeness (QED) is 0.339. The van der Waals surface area contributed by atoms with E-state index in [-0.39, 0.29) is 5.66 Å². The van der Waals surface area contributed by atoms with Gasteiger partial charge in [0.2, 0.25) is 5.66 Å². The zero-order valence-electron chi connectivity index (χ0n) is 15.7. The van der Waals surface area contributed by atoms with E-state index in [1.807, 2.05) is 6.08 Å². The van der Waals surface area contributed by atoms with E-state index >= 15 is 0 Å². The maximum Gasteiger partial charge on any atom is 0.219 e. The molecule has 1 saturated heterocycles. The average molecular weight is 323 g/mol. The Morgan fingerprint density at radius 2 is 1.83 bits per heavy atom. The van der Waals surface area contributed by atoms with Crippen molar-refractivity contribution in [3.63, 3.8) is 0 Å². The molecule has 1 unspecified atom stereocenters. The van der Waals surface area contributed by atoms with Crippen LogP contribution < -0.4 is 10.2 Å². The smallest absolute Gasteiger partial charge is 0.219 e. The summed E-state index contributed by atoms with van der Waals surface area (Å²) in [4.78, 5) is 7.37. The fourth-order valence-electron chi connectivity index (χ4n) is 3.29. The molecule has 1 aliphatic heterocycles. The monoisotopic (exact) mass is 322 g/mol. The number of likely N-dealkylation sites (tertiary alicyclic amines) is 1. The minimum Gasteiger partial charge on any atom is -0.298 e. The third-order valence-electron chi connectivity index (χ3n) is 5.18. The van der Waals surface area contributed by atoms with Gasteiger partial charge in [0.05, 0.1) is 13.2 Å². The summed E-state index contributed by atoms with van der Waals surface area (Å²) < 4.78 is 0. The second-order valence-corrected chi connectivity index (χ2v) is 6.58. The van der Waals surface area contributed by atoms with Gasteiger partial charge in [0, 0.05) is 6.42 Å². The third-order valence-corrected chi connectivity index (χ3v) is 5.18. The lowest BCUT2D eigenvalue weighted by atomic mass is 10.0. The predicted octanol–water partition coefficient (Wildman–Crippen LogP) is 2.59. The first kappa shape index (κ1) is 20.4. The van der Waals surface area contributed by atoms with Crippen molar-refractivity contribution in [2.75, 3.05) is 53.0 Å². The molecule has 133 valence electrons. The molecule has 0 bridgehead atoms. The highest BCUT2D eigenvalue weighted by Gasteiger charge is 2.39. The van der Waals surface area contributed by atoms with Gasteiger partial charge < -0.3 is 0 Å². The molecule has 0 aromatic rings. The van der Waals surface area contributed by atoms with Gasteiger partial charge in [0.25, 0.3) is 0 Å². The zero-order valence-corrected chi connectivity index (χ0v) is 15.7. The lowest BCUT2D eigenvalue weighted by Gasteiger charge is -2.35. The van der Waals surface area contributed by atoms with Gasteiger partial charge in [-0.05, 0) is 45.1 Å². The van der Waals surface area contributed by atoms with Crippen LogP contribution in [0.2, 0.25) is 0 Å². The highest BCUT2D eigenvalue weighted by atomic mass is 15.4. The van der Waals surface area contributed by atoms with E-state index in [1.54, 1.807) is 0 Å². The molecule has 1 aliphatic rings.